The highest BCUT2D eigenvalue weighted by Gasteiger charge is 2.62. The first-order valence-corrected chi connectivity index (χ1v) is 6.13. The molecular formula is C11H14N2O9. The van der Waals surface area contributed by atoms with Gasteiger partial charge in [0, 0.05) is 12.3 Å². The van der Waals surface area contributed by atoms with Gasteiger partial charge in [-0.1, -0.05) is 0 Å². The van der Waals surface area contributed by atoms with Crippen LogP contribution in [0.15, 0.2) is 21.9 Å². The highest BCUT2D eigenvalue weighted by atomic mass is 16.6. The molecule has 0 bridgehead atoms. The van der Waals surface area contributed by atoms with Crippen LogP contribution in [0, 0.1) is 0 Å². The Balaban J connectivity index is 2.69. The Morgan fingerprint density at radius 2 is 2.09 bits per heavy atom. The molecule has 0 amide bonds. The fraction of sp³-hybridized carbons (Fsp3) is 0.545. The van der Waals surface area contributed by atoms with Crippen molar-refractivity contribution >= 4 is 5.97 Å². The molecule has 0 aromatic carbocycles. The average Bonchev–Trinajstić information content (AvgIpc) is 2.72. The first-order chi connectivity index (χ1) is 10.3. The van der Waals surface area contributed by atoms with Crippen molar-refractivity contribution in [1.29, 1.82) is 0 Å². The zero-order chi connectivity index (χ0) is 16.7. The van der Waals surface area contributed by atoms with Gasteiger partial charge in [-0.25, -0.2) is 9.59 Å². The van der Waals surface area contributed by atoms with Crippen molar-refractivity contribution < 1.29 is 35.1 Å². The van der Waals surface area contributed by atoms with Gasteiger partial charge in [-0.3, -0.25) is 14.3 Å². The molecule has 1 saturated heterocycles. The van der Waals surface area contributed by atoms with E-state index in [4.69, 9.17) is 14.9 Å². The van der Waals surface area contributed by atoms with Crippen LogP contribution in [0.5, 0.6) is 0 Å². The van der Waals surface area contributed by atoms with E-state index in [9.17, 15) is 29.7 Å². The third kappa shape index (κ3) is 2.24. The summed E-state index contributed by atoms with van der Waals surface area (Å²) in [5, 5.41) is 47.9. The minimum atomic E-state index is -2.61. The predicted octanol–water partition coefficient (Wildman–Crippen LogP) is -4.25. The van der Waals surface area contributed by atoms with E-state index in [0.717, 1.165) is 12.3 Å². The number of carbonyl (C=O) groups is 1. The molecule has 1 aliphatic rings. The number of carboxylic acids is 1. The molecule has 1 aliphatic heterocycles. The molecule has 1 aromatic rings. The molecular weight excluding hydrogens is 304 g/mol. The van der Waals surface area contributed by atoms with Gasteiger partial charge in [-0.05, 0) is 0 Å². The smallest absolute Gasteiger partial charge is 0.337 e. The van der Waals surface area contributed by atoms with Crippen molar-refractivity contribution in [2.45, 2.75) is 30.1 Å². The van der Waals surface area contributed by atoms with Crippen LogP contribution in [0.25, 0.3) is 0 Å². The van der Waals surface area contributed by atoms with E-state index in [0.29, 0.717) is 4.57 Å². The zero-order valence-corrected chi connectivity index (χ0v) is 11.0. The van der Waals surface area contributed by atoms with Gasteiger partial charge in [0.15, 0.2) is 0 Å². The number of aliphatic hydroxyl groups excluding tert-OH is 4. The standard InChI is InChI=1S/C11H14N2O9/c14-3-4-6(16)7(17)11(22-4,8(18)9(19)20)13-2-1-5(15)12-10(13)21/h1-2,4,6-8,14,16-18H,3H2,(H,19,20)(H,12,15,21)/t4-,6-,7-,8?,11+/m1/s1. The molecule has 0 aliphatic carbocycles. The first-order valence-electron chi connectivity index (χ1n) is 6.13. The molecule has 11 heteroatoms. The normalized spacial score (nSPS) is 32.8. The topological polar surface area (TPSA) is 182 Å². The summed E-state index contributed by atoms with van der Waals surface area (Å²) >= 11 is 0. The lowest BCUT2D eigenvalue weighted by Crippen LogP contribution is -2.60. The Morgan fingerprint density at radius 1 is 1.45 bits per heavy atom. The van der Waals surface area contributed by atoms with Crippen LogP contribution in [0.1, 0.15) is 0 Å². The molecule has 6 N–H and O–H groups in total. The third-order valence-corrected chi connectivity index (χ3v) is 3.47. The summed E-state index contributed by atoms with van der Waals surface area (Å²) in [5.74, 6) is -1.84. The van der Waals surface area contributed by atoms with Gasteiger partial charge >= 0.3 is 11.7 Å². The summed E-state index contributed by atoms with van der Waals surface area (Å²) in [4.78, 5) is 35.9. The highest BCUT2D eigenvalue weighted by Crippen LogP contribution is 2.37. The van der Waals surface area contributed by atoms with E-state index in [1.807, 2.05) is 4.98 Å². The van der Waals surface area contributed by atoms with Crippen LogP contribution >= 0.6 is 0 Å². The van der Waals surface area contributed by atoms with E-state index in [-0.39, 0.29) is 0 Å². The second-order valence-electron chi connectivity index (χ2n) is 4.75. The average molecular weight is 318 g/mol. The molecule has 1 unspecified atom stereocenters. The third-order valence-electron chi connectivity index (χ3n) is 3.47. The lowest BCUT2D eigenvalue weighted by atomic mass is 9.96. The van der Waals surface area contributed by atoms with Crippen LogP contribution in [0.4, 0.5) is 0 Å². The number of aliphatic hydroxyl groups is 4. The van der Waals surface area contributed by atoms with Crippen LogP contribution in [-0.4, -0.2) is 72.1 Å². The highest BCUT2D eigenvalue weighted by molar-refractivity contribution is 5.73. The lowest BCUT2D eigenvalue weighted by molar-refractivity contribution is -0.218. The summed E-state index contributed by atoms with van der Waals surface area (Å²) in [6.07, 6.45) is -6.92. The van der Waals surface area contributed by atoms with Crippen molar-refractivity contribution in [3.05, 3.63) is 33.1 Å². The summed E-state index contributed by atoms with van der Waals surface area (Å²) < 4.78 is 5.57. The Hall–Kier alpha value is -2.05. The van der Waals surface area contributed by atoms with Crippen molar-refractivity contribution in [2.24, 2.45) is 0 Å². The van der Waals surface area contributed by atoms with Crippen LogP contribution in [0.3, 0.4) is 0 Å². The Morgan fingerprint density at radius 3 is 2.55 bits per heavy atom. The second-order valence-corrected chi connectivity index (χ2v) is 4.75. The van der Waals surface area contributed by atoms with Gasteiger partial charge in [0.05, 0.1) is 6.61 Å². The summed E-state index contributed by atoms with van der Waals surface area (Å²) in [6.45, 7) is -0.801. The van der Waals surface area contributed by atoms with Gasteiger partial charge in [-0.15, -0.1) is 0 Å². The molecule has 122 valence electrons. The molecule has 2 rings (SSSR count). The van der Waals surface area contributed by atoms with Crippen molar-refractivity contribution in [1.82, 2.24) is 9.55 Å². The molecule has 11 nitrogen and oxygen atoms in total. The van der Waals surface area contributed by atoms with Crippen LogP contribution in [0.2, 0.25) is 0 Å². The van der Waals surface area contributed by atoms with Gasteiger partial charge in [0.1, 0.15) is 18.3 Å². The molecule has 22 heavy (non-hydrogen) atoms. The van der Waals surface area contributed by atoms with Crippen LogP contribution in [-0.2, 0) is 15.3 Å². The van der Waals surface area contributed by atoms with E-state index in [2.05, 4.69) is 0 Å². The largest absolute Gasteiger partial charge is 0.479 e. The summed E-state index contributed by atoms with van der Waals surface area (Å²) in [6, 6.07) is 0.840. The van der Waals surface area contributed by atoms with Gasteiger partial charge in [-0.2, -0.15) is 0 Å². The number of aliphatic carboxylic acids is 1. The van der Waals surface area contributed by atoms with E-state index < -0.39 is 54.0 Å². The van der Waals surface area contributed by atoms with Crippen molar-refractivity contribution in [2.75, 3.05) is 6.61 Å². The maximum atomic E-state index is 11.9. The molecule has 5 atom stereocenters. The SMILES string of the molecule is O=C(O)C(O)[C@@]1(n2ccc(=O)[nH]c2=O)O[C@H](CO)[C@@H](O)[C@H]1O. The number of carboxylic acid groups (broad SMARTS) is 1. The summed E-state index contributed by atoms with van der Waals surface area (Å²) in [5.41, 5.74) is -4.58. The number of H-pyrrole nitrogens is 1. The zero-order valence-electron chi connectivity index (χ0n) is 11.0. The number of aromatic amines is 1. The quantitative estimate of drug-likeness (QED) is 0.320. The van der Waals surface area contributed by atoms with Gasteiger partial charge in [0.25, 0.3) is 5.56 Å². The maximum absolute atomic E-state index is 11.9. The van der Waals surface area contributed by atoms with Gasteiger partial charge < -0.3 is 30.3 Å². The second kappa shape index (κ2) is 5.62. The van der Waals surface area contributed by atoms with Crippen molar-refractivity contribution in [3.8, 4) is 0 Å². The number of aromatic nitrogens is 2. The fourth-order valence-electron chi connectivity index (χ4n) is 2.40. The number of hydrogen-bond acceptors (Lipinski definition) is 8. The van der Waals surface area contributed by atoms with Crippen LogP contribution < -0.4 is 11.2 Å². The monoisotopic (exact) mass is 318 g/mol. The van der Waals surface area contributed by atoms with E-state index in [1.165, 1.54) is 0 Å². The predicted molar refractivity (Wildman–Crippen MR) is 66.9 cm³/mol. The molecule has 0 radical (unpaired) electrons. The molecule has 2 heterocycles. The number of rotatable bonds is 4. The molecule has 1 aromatic heterocycles. The number of hydrogen-bond donors (Lipinski definition) is 6. The Bertz CT molecular complexity index is 683. The first kappa shape index (κ1) is 16.3. The minimum Gasteiger partial charge on any atom is -0.479 e. The lowest BCUT2D eigenvalue weighted by Gasteiger charge is -2.35. The fourth-order valence-corrected chi connectivity index (χ4v) is 2.40. The molecule has 0 saturated carbocycles. The maximum Gasteiger partial charge on any atom is 0.337 e. The van der Waals surface area contributed by atoms with Crippen molar-refractivity contribution in [3.63, 3.8) is 0 Å². The number of nitrogens with zero attached hydrogens (tertiary/aromatic N) is 1. The Labute approximate surface area is 121 Å². The Kier molecular flexibility index (Phi) is 4.17. The van der Waals surface area contributed by atoms with Gasteiger partial charge in [0.2, 0.25) is 11.8 Å². The summed E-state index contributed by atoms with van der Waals surface area (Å²) in [7, 11) is 0. The van der Waals surface area contributed by atoms with E-state index in [1.54, 1.807) is 0 Å². The minimum absolute atomic E-state index is 0.455. The number of ether oxygens (including phenoxy) is 1. The number of nitrogens with one attached hydrogen (secondary N) is 1. The van der Waals surface area contributed by atoms with E-state index >= 15 is 0 Å². The molecule has 0 spiro atoms. The molecule has 1 fully saturated rings.